The van der Waals surface area contributed by atoms with E-state index in [-0.39, 0.29) is 11.8 Å². The van der Waals surface area contributed by atoms with E-state index in [1.807, 2.05) is 41.6 Å². The van der Waals surface area contributed by atoms with Crippen LogP contribution in [-0.4, -0.2) is 57.1 Å². The van der Waals surface area contributed by atoms with Crippen LogP contribution in [0.3, 0.4) is 0 Å². The average molecular weight is 379 g/mol. The Kier molecular flexibility index (Phi) is 5.53. The molecule has 7 heteroatoms. The molecule has 146 valence electrons. The third-order valence-corrected chi connectivity index (χ3v) is 5.24. The molecule has 1 fully saturated rings. The smallest absolute Gasteiger partial charge is 0.253 e. The number of amides is 1. The summed E-state index contributed by atoms with van der Waals surface area (Å²) in [6.45, 7) is 2.90. The van der Waals surface area contributed by atoms with E-state index in [1.54, 1.807) is 19.5 Å². The van der Waals surface area contributed by atoms with Crippen molar-refractivity contribution in [3.8, 4) is 11.4 Å². The van der Waals surface area contributed by atoms with Crippen molar-refractivity contribution in [1.29, 1.82) is 0 Å². The highest BCUT2D eigenvalue weighted by molar-refractivity contribution is 5.95. The number of aromatic amines is 1. The average Bonchev–Trinajstić information content (AvgIpc) is 3.44. The van der Waals surface area contributed by atoms with Gasteiger partial charge in [0.15, 0.2) is 0 Å². The fourth-order valence-electron chi connectivity index (χ4n) is 3.84. The minimum Gasteiger partial charge on any atom is -0.383 e. The number of hydrogen-bond donors (Lipinski definition) is 1. The van der Waals surface area contributed by atoms with E-state index >= 15 is 0 Å². The van der Waals surface area contributed by atoms with Crippen molar-refractivity contribution in [3.05, 3.63) is 60.4 Å². The molecule has 28 heavy (non-hydrogen) atoms. The Morgan fingerprint density at radius 3 is 3.07 bits per heavy atom. The largest absolute Gasteiger partial charge is 0.383 e. The van der Waals surface area contributed by atoms with Crippen molar-refractivity contribution in [2.45, 2.75) is 25.3 Å². The molecular formula is C21H25N5O2. The van der Waals surface area contributed by atoms with Gasteiger partial charge in [-0.2, -0.15) is 0 Å². The van der Waals surface area contributed by atoms with Crippen LogP contribution in [0.25, 0.3) is 11.4 Å². The summed E-state index contributed by atoms with van der Waals surface area (Å²) in [4.78, 5) is 27.0. The molecule has 0 spiro atoms. The van der Waals surface area contributed by atoms with Gasteiger partial charge in [-0.1, -0.05) is 12.1 Å². The molecule has 0 unspecified atom stereocenters. The number of aromatic nitrogens is 4. The summed E-state index contributed by atoms with van der Waals surface area (Å²) < 4.78 is 7.33. The molecule has 0 aliphatic carbocycles. The van der Waals surface area contributed by atoms with Crippen molar-refractivity contribution >= 4 is 5.91 Å². The van der Waals surface area contributed by atoms with Gasteiger partial charge in [-0.05, 0) is 25.0 Å². The molecule has 1 amide bonds. The second-order valence-corrected chi connectivity index (χ2v) is 7.08. The molecule has 1 aromatic carbocycles. The summed E-state index contributed by atoms with van der Waals surface area (Å²) in [5.41, 5.74) is 1.61. The third kappa shape index (κ3) is 3.84. The molecule has 1 saturated heterocycles. The number of hydrogen-bond acceptors (Lipinski definition) is 4. The van der Waals surface area contributed by atoms with Crippen LogP contribution in [0.15, 0.2) is 49.1 Å². The van der Waals surface area contributed by atoms with Crippen LogP contribution in [0.2, 0.25) is 0 Å². The van der Waals surface area contributed by atoms with Crippen LogP contribution < -0.4 is 0 Å². The van der Waals surface area contributed by atoms with Crippen LogP contribution in [0.5, 0.6) is 0 Å². The zero-order valence-corrected chi connectivity index (χ0v) is 16.0. The number of nitrogens with one attached hydrogen (secondary N) is 1. The van der Waals surface area contributed by atoms with E-state index < -0.39 is 0 Å². The first kappa shape index (κ1) is 18.4. The van der Waals surface area contributed by atoms with Crippen LogP contribution >= 0.6 is 0 Å². The van der Waals surface area contributed by atoms with E-state index in [2.05, 4.69) is 19.5 Å². The molecule has 4 rings (SSSR count). The van der Waals surface area contributed by atoms with Crippen molar-refractivity contribution in [1.82, 2.24) is 24.4 Å². The summed E-state index contributed by atoms with van der Waals surface area (Å²) in [6, 6.07) is 7.65. The SMILES string of the molecule is COCCn1ccnc1[C@H]1CCCN(C(=O)c2cccc(-c3ncc[nH]3)c2)C1. The van der Waals surface area contributed by atoms with E-state index in [1.165, 1.54) is 0 Å². The zero-order valence-electron chi connectivity index (χ0n) is 16.0. The molecule has 1 atom stereocenters. The monoisotopic (exact) mass is 379 g/mol. The second-order valence-electron chi connectivity index (χ2n) is 7.08. The molecule has 3 aromatic rings. The number of methoxy groups -OCH3 is 1. The fraction of sp³-hybridized carbons (Fsp3) is 0.381. The maximum absolute atomic E-state index is 13.1. The summed E-state index contributed by atoms with van der Waals surface area (Å²) in [6.07, 6.45) is 9.34. The van der Waals surface area contributed by atoms with Crippen LogP contribution in [0.1, 0.15) is 34.9 Å². The number of nitrogens with zero attached hydrogens (tertiary/aromatic N) is 4. The highest BCUT2D eigenvalue weighted by Crippen LogP contribution is 2.27. The molecule has 3 heterocycles. The standard InChI is InChI=1S/C21H25N5O2/c1-28-13-12-25-11-9-24-20(25)18-6-3-10-26(15-18)21(27)17-5-2-4-16(14-17)19-22-7-8-23-19/h2,4-5,7-9,11,14,18H,3,6,10,12-13,15H2,1H3,(H,22,23)/t18-/m0/s1. The highest BCUT2D eigenvalue weighted by atomic mass is 16.5. The molecular weight excluding hydrogens is 354 g/mol. The van der Waals surface area contributed by atoms with Gasteiger partial charge in [-0.25, -0.2) is 9.97 Å². The predicted molar refractivity (Wildman–Crippen MR) is 106 cm³/mol. The number of piperidine rings is 1. The fourth-order valence-corrected chi connectivity index (χ4v) is 3.84. The molecule has 1 N–H and O–H groups in total. The normalized spacial score (nSPS) is 17.0. The molecule has 0 radical (unpaired) electrons. The van der Waals surface area contributed by atoms with Crippen LogP contribution in [-0.2, 0) is 11.3 Å². The summed E-state index contributed by atoms with van der Waals surface area (Å²) in [7, 11) is 1.70. The maximum Gasteiger partial charge on any atom is 0.253 e. The lowest BCUT2D eigenvalue weighted by Crippen LogP contribution is -2.39. The molecule has 7 nitrogen and oxygen atoms in total. The lowest BCUT2D eigenvalue weighted by Gasteiger charge is -2.33. The number of benzene rings is 1. The van der Waals surface area contributed by atoms with Gasteiger partial charge >= 0.3 is 0 Å². The van der Waals surface area contributed by atoms with E-state index in [0.717, 1.165) is 43.1 Å². The Balaban J connectivity index is 1.50. The van der Waals surface area contributed by atoms with Gasteiger partial charge in [0, 0.05) is 68.6 Å². The first-order valence-corrected chi connectivity index (χ1v) is 9.65. The van der Waals surface area contributed by atoms with Gasteiger partial charge < -0.3 is 19.2 Å². The van der Waals surface area contributed by atoms with Gasteiger partial charge in [-0.3, -0.25) is 4.79 Å². The van der Waals surface area contributed by atoms with Crippen molar-refractivity contribution in [3.63, 3.8) is 0 Å². The number of imidazole rings is 2. The molecule has 1 aliphatic rings. The van der Waals surface area contributed by atoms with Crippen LogP contribution in [0, 0.1) is 0 Å². The summed E-state index contributed by atoms with van der Waals surface area (Å²) >= 11 is 0. The third-order valence-electron chi connectivity index (χ3n) is 5.24. The van der Waals surface area contributed by atoms with Crippen molar-refractivity contribution in [2.24, 2.45) is 0 Å². The first-order valence-electron chi connectivity index (χ1n) is 9.65. The predicted octanol–water partition coefficient (Wildman–Crippen LogP) is 2.94. The van der Waals surface area contributed by atoms with Gasteiger partial charge in [0.2, 0.25) is 0 Å². The Morgan fingerprint density at radius 2 is 2.25 bits per heavy atom. The molecule has 2 aromatic heterocycles. The van der Waals surface area contributed by atoms with E-state index in [0.29, 0.717) is 18.7 Å². The topological polar surface area (TPSA) is 76.0 Å². The summed E-state index contributed by atoms with van der Waals surface area (Å²) in [5, 5.41) is 0. The van der Waals surface area contributed by atoms with Gasteiger partial charge in [0.05, 0.1) is 6.61 Å². The van der Waals surface area contributed by atoms with Crippen molar-refractivity contribution in [2.75, 3.05) is 26.8 Å². The van der Waals surface area contributed by atoms with Gasteiger partial charge in [-0.15, -0.1) is 0 Å². The number of ether oxygens (including phenoxy) is 1. The highest BCUT2D eigenvalue weighted by Gasteiger charge is 2.28. The molecule has 0 saturated carbocycles. The van der Waals surface area contributed by atoms with Crippen molar-refractivity contribution < 1.29 is 9.53 Å². The lowest BCUT2D eigenvalue weighted by atomic mass is 9.96. The van der Waals surface area contributed by atoms with E-state index in [4.69, 9.17) is 4.74 Å². The Morgan fingerprint density at radius 1 is 1.32 bits per heavy atom. The summed E-state index contributed by atoms with van der Waals surface area (Å²) in [5.74, 6) is 2.12. The number of carbonyl (C=O) groups excluding carboxylic acids is 1. The maximum atomic E-state index is 13.1. The first-order chi connectivity index (χ1) is 13.8. The van der Waals surface area contributed by atoms with Crippen LogP contribution in [0.4, 0.5) is 0 Å². The number of likely N-dealkylation sites (tertiary alicyclic amines) is 1. The number of rotatable bonds is 6. The number of H-pyrrole nitrogens is 1. The minimum absolute atomic E-state index is 0.0631. The Labute approximate surface area is 164 Å². The molecule has 1 aliphatic heterocycles. The second kappa shape index (κ2) is 8.39. The molecule has 0 bridgehead atoms. The quantitative estimate of drug-likeness (QED) is 0.714. The lowest BCUT2D eigenvalue weighted by molar-refractivity contribution is 0.0702. The number of carbonyl (C=O) groups is 1. The minimum atomic E-state index is 0.0631. The zero-order chi connectivity index (χ0) is 19.3. The van der Waals surface area contributed by atoms with Gasteiger partial charge in [0.25, 0.3) is 5.91 Å². The Bertz CT molecular complexity index is 919. The van der Waals surface area contributed by atoms with Gasteiger partial charge in [0.1, 0.15) is 11.6 Å². The van der Waals surface area contributed by atoms with E-state index in [9.17, 15) is 4.79 Å². The Hall–Kier alpha value is -2.93.